The van der Waals surface area contributed by atoms with E-state index in [2.05, 4.69) is 0 Å². The van der Waals surface area contributed by atoms with Gasteiger partial charge in [-0.3, -0.25) is 9.59 Å². The van der Waals surface area contributed by atoms with Crippen LogP contribution < -0.4 is 9.64 Å². The van der Waals surface area contributed by atoms with E-state index in [1.54, 1.807) is 23.1 Å². The minimum absolute atomic E-state index is 0.0909. The number of halogens is 1. The number of carbonyl (C=O) groups is 2. The van der Waals surface area contributed by atoms with Crippen LogP contribution in [-0.2, 0) is 4.79 Å². The molecule has 4 nitrogen and oxygen atoms in total. The molecule has 118 valence electrons. The van der Waals surface area contributed by atoms with Crippen LogP contribution in [0.3, 0.4) is 0 Å². The maximum Gasteiger partial charge on any atom is 0.272 e. The Morgan fingerprint density at radius 3 is 2.61 bits per heavy atom. The second-order valence-electron chi connectivity index (χ2n) is 5.23. The molecule has 0 spiro atoms. The maximum absolute atomic E-state index is 12.8. The van der Waals surface area contributed by atoms with Crippen molar-refractivity contribution in [1.29, 1.82) is 0 Å². The lowest BCUT2D eigenvalue weighted by atomic mass is 10.0. The molecular weight excluding hydrogens is 314 g/mol. The summed E-state index contributed by atoms with van der Waals surface area (Å²) < 4.78 is 5.90. The zero-order valence-electron chi connectivity index (χ0n) is 12.7. The Hall–Kier alpha value is -2.33. The van der Waals surface area contributed by atoms with Gasteiger partial charge in [-0.05, 0) is 25.1 Å². The Bertz CT molecular complexity index is 745. The van der Waals surface area contributed by atoms with Crippen LogP contribution in [0.5, 0.6) is 5.75 Å². The highest BCUT2D eigenvalue weighted by atomic mass is 35.5. The monoisotopic (exact) mass is 329 g/mol. The van der Waals surface area contributed by atoms with Gasteiger partial charge in [-0.15, -0.1) is 11.6 Å². The van der Waals surface area contributed by atoms with Gasteiger partial charge >= 0.3 is 0 Å². The fourth-order valence-corrected chi connectivity index (χ4v) is 2.84. The van der Waals surface area contributed by atoms with E-state index in [1.807, 2.05) is 37.3 Å². The zero-order valence-corrected chi connectivity index (χ0v) is 13.4. The molecule has 0 fully saturated rings. The lowest BCUT2D eigenvalue weighted by Gasteiger charge is -2.34. The molecule has 2 aromatic carbocycles. The maximum atomic E-state index is 12.8. The number of hydrogen-bond donors (Lipinski definition) is 0. The highest BCUT2D eigenvalue weighted by Gasteiger charge is 2.35. The van der Waals surface area contributed by atoms with Crippen molar-refractivity contribution in [2.75, 3.05) is 17.3 Å². The molecule has 0 saturated carbocycles. The lowest BCUT2D eigenvalue weighted by molar-refractivity contribution is -0.126. The minimum atomic E-state index is -0.668. The number of rotatable bonds is 4. The number of benzene rings is 2. The van der Waals surface area contributed by atoms with Crippen molar-refractivity contribution >= 4 is 29.0 Å². The summed E-state index contributed by atoms with van der Waals surface area (Å²) in [6.45, 7) is 2.39. The first-order valence-electron chi connectivity index (χ1n) is 7.42. The van der Waals surface area contributed by atoms with Gasteiger partial charge in [0.15, 0.2) is 5.78 Å². The molecule has 0 aliphatic carbocycles. The third kappa shape index (κ3) is 2.82. The Labute approximate surface area is 139 Å². The summed E-state index contributed by atoms with van der Waals surface area (Å²) >= 11 is 5.61. The number of Topliss-reactive ketones (excluding diaryl/α,β-unsaturated/α-hetero) is 1. The first-order valence-corrected chi connectivity index (χ1v) is 7.95. The van der Waals surface area contributed by atoms with Gasteiger partial charge in [-0.25, -0.2) is 0 Å². The fourth-order valence-electron chi connectivity index (χ4n) is 2.68. The quantitative estimate of drug-likeness (QED) is 0.636. The van der Waals surface area contributed by atoms with Gasteiger partial charge in [0.1, 0.15) is 5.75 Å². The van der Waals surface area contributed by atoms with Crippen molar-refractivity contribution in [3.05, 3.63) is 59.7 Å². The number of alkyl halides is 1. The number of ether oxygens (including phenoxy) is 1. The summed E-state index contributed by atoms with van der Waals surface area (Å²) in [4.78, 5) is 26.2. The van der Waals surface area contributed by atoms with Gasteiger partial charge in [0.25, 0.3) is 5.91 Å². The number of hydrogen-bond acceptors (Lipinski definition) is 3. The molecule has 1 amide bonds. The first kappa shape index (κ1) is 15.6. The molecule has 1 aliphatic heterocycles. The summed E-state index contributed by atoms with van der Waals surface area (Å²) in [7, 11) is 0. The standard InChI is InChI=1S/C18H16ClNO3/c1-2-20-14-10-13(15(21)11-19)8-9-16(14)23-17(18(20)22)12-6-4-3-5-7-12/h3-10,17H,2,11H2,1H3. The molecule has 23 heavy (non-hydrogen) atoms. The summed E-state index contributed by atoms with van der Waals surface area (Å²) in [6.07, 6.45) is -0.668. The van der Waals surface area contributed by atoms with Gasteiger partial charge in [0.2, 0.25) is 6.10 Å². The van der Waals surface area contributed by atoms with Crippen LogP contribution in [0.15, 0.2) is 48.5 Å². The van der Waals surface area contributed by atoms with Crippen molar-refractivity contribution in [3.63, 3.8) is 0 Å². The summed E-state index contributed by atoms with van der Waals surface area (Å²) in [5.74, 6) is 0.183. The SMILES string of the molecule is CCN1C(=O)C(c2ccccc2)Oc2ccc(C(=O)CCl)cc21. The molecule has 1 atom stereocenters. The van der Waals surface area contributed by atoms with E-state index in [0.29, 0.717) is 23.5 Å². The van der Waals surface area contributed by atoms with E-state index in [9.17, 15) is 9.59 Å². The number of ketones is 1. The van der Waals surface area contributed by atoms with Crippen LogP contribution in [0.2, 0.25) is 0 Å². The Balaban J connectivity index is 2.03. The van der Waals surface area contributed by atoms with E-state index in [-0.39, 0.29) is 17.6 Å². The Morgan fingerprint density at radius 1 is 1.22 bits per heavy atom. The van der Waals surface area contributed by atoms with E-state index in [4.69, 9.17) is 16.3 Å². The summed E-state index contributed by atoms with van der Waals surface area (Å²) in [5.41, 5.74) is 1.90. The molecule has 0 saturated heterocycles. The van der Waals surface area contributed by atoms with Gasteiger partial charge in [-0.1, -0.05) is 30.3 Å². The average molecular weight is 330 g/mol. The molecule has 1 unspecified atom stereocenters. The van der Waals surface area contributed by atoms with Crippen molar-refractivity contribution in [3.8, 4) is 5.75 Å². The zero-order chi connectivity index (χ0) is 16.4. The lowest BCUT2D eigenvalue weighted by Crippen LogP contribution is -2.41. The van der Waals surface area contributed by atoms with Crippen LogP contribution in [-0.4, -0.2) is 24.1 Å². The first-order chi connectivity index (χ1) is 11.2. The molecule has 1 heterocycles. The van der Waals surface area contributed by atoms with Crippen LogP contribution in [0.25, 0.3) is 0 Å². The van der Waals surface area contributed by atoms with Crippen molar-refractivity contribution in [2.24, 2.45) is 0 Å². The van der Waals surface area contributed by atoms with Crippen LogP contribution in [0.1, 0.15) is 28.9 Å². The second kappa shape index (κ2) is 6.42. The average Bonchev–Trinajstić information content (AvgIpc) is 2.61. The van der Waals surface area contributed by atoms with Crippen LogP contribution in [0, 0.1) is 0 Å². The van der Waals surface area contributed by atoms with Gasteiger partial charge in [0, 0.05) is 17.7 Å². The van der Waals surface area contributed by atoms with E-state index >= 15 is 0 Å². The fraction of sp³-hybridized carbons (Fsp3) is 0.222. The van der Waals surface area contributed by atoms with Gasteiger partial charge in [-0.2, -0.15) is 0 Å². The normalized spacial score (nSPS) is 16.7. The molecule has 3 rings (SSSR count). The minimum Gasteiger partial charge on any atom is -0.474 e. The third-order valence-electron chi connectivity index (χ3n) is 3.85. The Kier molecular flexibility index (Phi) is 4.35. The number of carbonyl (C=O) groups excluding carboxylic acids is 2. The number of likely N-dealkylation sites (N-methyl/N-ethyl adjacent to an activating group) is 1. The van der Waals surface area contributed by atoms with Crippen molar-refractivity contribution < 1.29 is 14.3 Å². The van der Waals surface area contributed by atoms with Crippen LogP contribution >= 0.6 is 11.6 Å². The Morgan fingerprint density at radius 2 is 1.96 bits per heavy atom. The summed E-state index contributed by atoms with van der Waals surface area (Å²) in [6, 6.07) is 14.4. The van der Waals surface area contributed by atoms with Crippen molar-refractivity contribution in [2.45, 2.75) is 13.0 Å². The smallest absolute Gasteiger partial charge is 0.272 e. The molecular formula is C18H16ClNO3. The topological polar surface area (TPSA) is 46.6 Å². The highest BCUT2D eigenvalue weighted by Crippen LogP contribution is 2.39. The second-order valence-corrected chi connectivity index (χ2v) is 5.50. The molecule has 0 radical (unpaired) electrons. The summed E-state index contributed by atoms with van der Waals surface area (Å²) in [5, 5.41) is 0. The van der Waals surface area contributed by atoms with Crippen LogP contribution in [0.4, 0.5) is 5.69 Å². The van der Waals surface area contributed by atoms with E-state index in [0.717, 1.165) is 5.56 Å². The van der Waals surface area contributed by atoms with Gasteiger partial charge < -0.3 is 9.64 Å². The van der Waals surface area contributed by atoms with Crippen molar-refractivity contribution in [1.82, 2.24) is 0 Å². The number of fused-ring (bicyclic) bond motifs is 1. The molecule has 5 heteroatoms. The number of anilines is 1. The third-order valence-corrected chi connectivity index (χ3v) is 4.09. The number of nitrogens with zero attached hydrogens (tertiary/aromatic N) is 1. The predicted octanol–water partition coefficient (Wildman–Crippen LogP) is 3.59. The predicted molar refractivity (Wildman–Crippen MR) is 89.3 cm³/mol. The van der Waals surface area contributed by atoms with E-state index in [1.165, 1.54) is 0 Å². The highest BCUT2D eigenvalue weighted by molar-refractivity contribution is 6.30. The largest absolute Gasteiger partial charge is 0.474 e. The van der Waals surface area contributed by atoms with E-state index < -0.39 is 6.10 Å². The number of amides is 1. The molecule has 2 aromatic rings. The molecule has 0 N–H and O–H groups in total. The molecule has 0 aromatic heterocycles. The molecule has 0 bridgehead atoms. The van der Waals surface area contributed by atoms with Gasteiger partial charge in [0.05, 0.1) is 11.6 Å². The molecule has 1 aliphatic rings.